The van der Waals surface area contributed by atoms with E-state index in [2.05, 4.69) is 19.2 Å². The van der Waals surface area contributed by atoms with Crippen LogP contribution in [0.15, 0.2) is 0 Å². The van der Waals surface area contributed by atoms with Crippen molar-refractivity contribution in [1.82, 2.24) is 5.32 Å². The molecule has 1 rings (SSSR count). The van der Waals surface area contributed by atoms with Gasteiger partial charge in [-0.1, -0.05) is 39.5 Å². The summed E-state index contributed by atoms with van der Waals surface area (Å²) >= 11 is 0. The maximum Gasteiger partial charge on any atom is 0.0590 e. The Kier molecular flexibility index (Phi) is 7.87. The van der Waals surface area contributed by atoms with E-state index in [1.807, 2.05) is 0 Å². The van der Waals surface area contributed by atoms with E-state index < -0.39 is 0 Å². The van der Waals surface area contributed by atoms with Crippen molar-refractivity contribution in [2.45, 2.75) is 77.4 Å². The Morgan fingerprint density at radius 2 is 2.00 bits per heavy atom. The Hall–Kier alpha value is -0.0800. The Morgan fingerprint density at radius 3 is 2.75 bits per heavy atom. The van der Waals surface area contributed by atoms with Gasteiger partial charge >= 0.3 is 0 Å². The summed E-state index contributed by atoms with van der Waals surface area (Å²) < 4.78 is 5.83. The van der Waals surface area contributed by atoms with Crippen molar-refractivity contribution in [2.75, 3.05) is 13.2 Å². The molecule has 0 radical (unpaired) electrons. The van der Waals surface area contributed by atoms with Crippen molar-refractivity contribution in [3.8, 4) is 0 Å². The number of ether oxygens (including phenoxy) is 1. The van der Waals surface area contributed by atoms with Crippen LogP contribution in [0.1, 0.15) is 65.2 Å². The molecule has 2 nitrogen and oxygen atoms in total. The zero-order chi connectivity index (χ0) is 11.6. The second-order valence-electron chi connectivity index (χ2n) is 5.02. The second kappa shape index (κ2) is 9.00. The summed E-state index contributed by atoms with van der Waals surface area (Å²) in [6.07, 6.45) is 10.9. The fourth-order valence-electron chi connectivity index (χ4n) is 2.41. The molecular weight excluding hydrogens is 198 g/mol. The van der Waals surface area contributed by atoms with E-state index >= 15 is 0 Å². The first-order chi connectivity index (χ1) is 7.86. The minimum atomic E-state index is 0.528. The molecule has 96 valence electrons. The van der Waals surface area contributed by atoms with Gasteiger partial charge in [0.2, 0.25) is 0 Å². The van der Waals surface area contributed by atoms with E-state index in [1.165, 1.54) is 51.4 Å². The minimum absolute atomic E-state index is 0.528. The van der Waals surface area contributed by atoms with Crippen LogP contribution in [0.4, 0.5) is 0 Å². The molecule has 1 N–H and O–H groups in total. The summed E-state index contributed by atoms with van der Waals surface area (Å²) in [7, 11) is 0. The van der Waals surface area contributed by atoms with Crippen LogP contribution < -0.4 is 5.32 Å². The number of nitrogens with one attached hydrogen (secondary N) is 1. The normalized spacial score (nSPS) is 25.9. The molecule has 16 heavy (non-hydrogen) atoms. The summed E-state index contributed by atoms with van der Waals surface area (Å²) in [6, 6.07) is 0.713. The van der Waals surface area contributed by atoms with Crippen molar-refractivity contribution in [3.63, 3.8) is 0 Å². The largest absolute Gasteiger partial charge is 0.378 e. The molecule has 0 aromatic rings. The Labute approximate surface area is 101 Å². The van der Waals surface area contributed by atoms with Gasteiger partial charge < -0.3 is 10.1 Å². The monoisotopic (exact) mass is 227 g/mol. The molecule has 1 saturated heterocycles. The highest BCUT2D eigenvalue weighted by Crippen LogP contribution is 2.19. The molecule has 1 fully saturated rings. The molecule has 2 atom stereocenters. The lowest BCUT2D eigenvalue weighted by atomic mass is 9.98. The van der Waals surface area contributed by atoms with Crippen molar-refractivity contribution in [2.24, 2.45) is 0 Å². The minimum Gasteiger partial charge on any atom is -0.378 e. The first-order valence-corrected chi connectivity index (χ1v) is 7.21. The van der Waals surface area contributed by atoms with E-state index in [-0.39, 0.29) is 0 Å². The number of hydrogen-bond acceptors (Lipinski definition) is 2. The first-order valence-electron chi connectivity index (χ1n) is 7.21. The van der Waals surface area contributed by atoms with Gasteiger partial charge in [0.1, 0.15) is 0 Å². The van der Waals surface area contributed by atoms with Gasteiger partial charge in [-0.05, 0) is 32.2 Å². The lowest BCUT2D eigenvalue weighted by Crippen LogP contribution is -2.39. The average Bonchev–Trinajstić information content (AvgIpc) is 2.33. The smallest absolute Gasteiger partial charge is 0.0590 e. The van der Waals surface area contributed by atoms with Gasteiger partial charge in [-0.15, -0.1) is 0 Å². The van der Waals surface area contributed by atoms with E-state index in [9.17, 15) is 0 Å². The van der Waals surface area contributed by atoms with Gasteiger partial charge in [-0.3, -0.25) is 0 Å². The number of rotatable bonds is 8. The van der Waals surface area contributed by atoms with Crippen molar-refractivity contribution >= 4 is 0 Å². The topological polar surface area (TPSA) is 21.3 Å². The molecule has 1 heterocycles. The van der Waals surface area contributed by atoms with Gasteiger partial charge in [0, 0.05) is 12.6 Å². The third kappa shape index (κ3) is 5.86. The highest BCUT2D eigenvalue weighted by atomic mass is 16.5. The summed E-state index contributed by atoms with van der Waals surface area (Å²) in [6.45, 7) is 6.61. The third-order valence-corrected chi connectivity index (χ3v) is 3.43. The number of hydrogen-bond donors (Lipinski definition) is 1. The van der Waals surface area contributed by atoms with E-state index in [1.54, 1.807) is 0 Å². The molecule has 0 spiro atoms. The summed E-state index contributed by atoms with van der Waals surface area (Å²) in [5.41, 5.74) is 0. The van der Waals surface area contributed by atoms with Crippen LogP contribution in [-0.2, 0) is 4.74 Å². The van der Waals surface area contributed by atoms with Crippen molar-refractivity contribution in [3.05, 3.63) is 0 Å². The lowest BCUT2D eigenvalue weighted by Gasteiger charge is -2.30. The zero-order valence-corrected chi connectivity index (χ0v) is 11.1. The van der Waals surface area contributed by atoms with Gasteiger partial charge in [0.15, 0.2) is 0 Å². The highest BCUT2D eigenvalue weighted by Gasteiger charge is 2.21. The molecule has 0 aromatic heterocycles. The standard InChI is InChI=1S/C14H29NO/c1-3-5-6-7-8-14-12-13(9-11-16-14)15-10-4-2/h13-15H,3-12H2,1-2H3. The molecule has 1 aliphatic heterocycles. The molecular formula is C14H29NO. The molecule has 1 aliphatic rings. The number of unbranched alkanes of at least 4 members (excludes halogenated alkanes) is 3. The highest BCUT2D eigenvalue weighted by molar-refractivity contribution is 4.76. The van der Waals surface area contributed by atoms with Crippen LogP contribution in [-0.4, -0.2) is 25.3 Å². The summed E-state index contributed by atoms with van der Waals surface area (Å²) in [4.78, 5) is 0. The fourth-order valence-corrected chi connectivity index (χ4v) is 2.41. The SMILES string of the molecule is CCCCCCC1CC(NCCC)CCO1. The summed E-state index contributed by atoms with van der Waals surface area (Å²) in [5.74, 6) is 0. The molecule has 0 saturated carbocycles. The van der Waals surface area contributed by atoms with Gasteiger partial charge in [0.25, 0.3) is 0 Å². The van der Waals surface area contributed by atoms with E-state index in [4.69, 9.17) is 4.74 Å². The molecule has 0 aromatic carbocycles. The molecule has 0 bridgehead atoms. The van der Waals surface area contributed by atoms with E-state index in [0.717, 1.165) is 13.2 Å². The van der Waals surface area contributed by atoms with Crippen LogP contribution in [0.25, 0.3) is 0 Å². The molecule has 2 heteroatoms. The van der Waals surface area contributed by atoms with Gasteiger partial charge in [0.05, 0.1) is 6.10 Å². The predicted octanol–water partition coefficient (Wildman–Crippen LogP) is 3.50. The van der Waals surface area contributed by atoms with Crippen molar-refractivity contribution in [1.29, 1.82) is 0 Å². The Balaban J connectivity index is 2.07. The van der Waals surface area contributed by atoms with Crippen LogP contribution >= 0.6 is 0 Å². The first kappa shape index (κ1) is 14.0. The fraction of sp³-hybridized carbons (Fsp3) is 1.00. The van der Waals surface area contributed by atoms with E-state index in [0.29, 0.717) is 12.1 Å². The van der Waals surface area contributed by atoms with Crippen LogP contribution in [0.3, 0.4) is 0 Å². The quantitative estimate of drug-likeness (QED) is 0.641. The summed E-state index contributed by atoms with van der Waals surface area (Å²) in [5, 5.41) is 3.62. The zero-order valence-electron chi connectivity index (χ0n) is 11.1. The maximum atomic E-state index is 5.83. The Morgan fingerprint density at radius 1 is 1.12 bits per heavy atom. The molecule has 0 aliphatic carbocycles. The van der Waals surface area contributed by atoms with Crippen molar-refractivity contribution < 1.29 is 4.74 Å². The third-order valence-electron chi connectivity index (χ3n) is 3.43. The van der Waals surface area contributed by atoms with Gasteiger partial charge in [-0.25, -0.2) is 0 Å². The second-order valence-corrected chi connectivity index (χ2v) is 5.02. The van der Waals surface area contributed by atoms with Crippen LogP contribution in [0, 0.1) is 0 Å². The average molecular weight is 227 g/mol. The van der Waals surface area contributed by atoms with Gasteiger partial charge in [-0.2, -0.15) is 0 Å². The lowest BCUT2D eigenvalue weighted by molar-refractivity contribution is -0.00404. The molecule has 0 amide bonds. The Bertz CT molecular complexity index is 161. The maximum absolute atomic E-state index is 5.83. The van der Waals surface area contributed by atoms with Crippen LogP contribution in [0.2, 0.25) is 0 Å². The predicted molar refractivity (Wildman–Crippen MR) is 69.8 cm³/mol. The van der Waals surface area contributed by atoms with Crippen LogP contribution in [0.5, 0.6) is 0 Å². The molecule has 2 unspecified atom stereocenters.